The molecule has 1 amide bonds. The number of aromatic nitrogens is 1. The summed E-state index contributed by atoms with van der Waals surface area (Å²) in [6, 6.07) is 3.84. The Morgan fingerprint density at radius 2 is 2.40 bits per heavy atom. The monoisotopic (exact) mass is 207 g/mol. The molecule has 0 unspecified atom stereocenters. The Kier molecular flexibility index (Phi) is 4.77. The van der Waals surface area contributed by atoms with Crippen molar-refractivity contribution in [3.8, 4) is 0 Å². The predicted molar refractivity (Wildman–Crippen MR) is 59.3 cm³/mol. The minimum atomic E-state index is 0.0167. The molecule has 2 N–H and O–H groups in total. The largest absolute Gasteiger partial charge is 0.349 e. The Hall–Kier alpha value is -1.42. The maximum atomic E-state index is 11.4. The Labute approximate surface area is 90.1 Å². The van der Waals surface area contributed by atoms with Gasteiger partial charge in [0.15, 0.2) is 0 Å². The minimum Gasteiger partial charge on any atom is -0.349 e. The highest BCUT2D eigenvalue weighted by atomic mass is 16.1. The van der Waals surface area contributed by atoms with Crippen molar-refractivity contribution in [2.24, 2.45) is 0 Å². The summed E-state index contributed by atoms with van der Waals surface area (Å²) in [6.45, 7) is 2.65. The van der Waals surface area contributed by atoms with E-state index >= 15 is 0 Å². The van der Waals surface area contributed by atoms with Crippen LogP contribution in [0.3, 0.4) is 0 Å². The highest BCUT2D eigenvalue weighted by molar-refractivity contribution is 5.76. The van der Waals surface area contributed by atoms with Crippen LogP contribution >= 0.6 is 0 Å². The van der Waals surface area contributed by atoms with Gasteiger partial charge >= 0.3 is 0 Å². The topological polar surface area (TPSA) is 54.0 Å². The van der Waals surface area contributed by atoms with Crippen LogP contribution in [0.25, 0.3) is 0 Å². The Morgan fingerprint density at radius 1 is 1.60 bits per heavy atom. The lowest BCUT2D eigenvalue weighted by Crippen LogP contribution is -2.29. The molecule has 1 aromatic rings. The molecule has 0 aliphatic carbocycles. The van der Waals surface area contributed by atoms with E-state index in [4.69, 9.17) is 0 Å². The van der Waals surface area contributed by atoms with Crippen LogP contribution in [0.5, 0.6) is 0 Å². The second-order valence-corrected chi connectivity index (χ2v) is 3.43. The van der Waals surface area contributed by atoms with Crippen LogP contribution in [0, 0.1) is 0 Å². The minimum absolute atomic E-state index is 0.0167. The van der Waals surface area contributed by atoms with Crippen LogP contribution in [-0.2, 0) is 4.79 Å². The van der Waals surface area contributed by atoms with E-state index in [1.54, 1.807) is 12.4 Å². The number of hydrogen-bond donors (Lipinski definition) is 2. The van der Waals surface area contributed by atoms with Gasteiger partial charge in [0.1, 0.15) is 0 Å². The van der Waals surface area contributed by atoms with Gasteiger partial charge in [-0.25, -0.2) is 0 Å². The fourth-order valence-electron chi connectivity index (χ4n) is 1.27. The van der Waals surface area contributed by atoms with Gasteiger partial charge in [0.2, 0.25) is 5.91 Å². The van der Waals surface area contributed by atoms with Crippen molar-refractivity contribution in [2.45, 2.75) is 19.4 Å². The Morgan fingerprint density at radius 3 is 3.00 bits per heavy atom. The molecule has 0 aliphatic heterocycles. The molecule has 0 aliphatic rings. The molecular weight excluding hydrogens is 190 g/mol. The van der Waals surface area contributed by atoms with E-state index in [0.29, 0.717) is 13.0 Å². The van der Waals surface area contributed by atoms with Crippen molar-refractivity contribution in [2.75, 3.05) is 13.6 Å². The zero-order valence-electron chi connectivity index (χ0n) is 9.16. The van der Waals surface area contributed by atoms with Gasteiger partial charge in [0, 0.05) is 25.4 Å². The van der Waals surface area contributed by atoms with E-state index in [-0.39, 0.29) is 11.9 Å². The number of hydrogen-bond acceptors (Lipinski definition) is 3. The van der Waals surface area contributed by atoms with Crippen LogP contribution < -0.4 is 10.6 Å². The molecule has 1 rings (SSSR count). The van der Waals surface area contributed by atoms with E-state index in [0.717, 1.165) is 5.56 Å². The summed E-state index contributed by atoms with van der Waals surface area (Å²) in [5.41, 5.74) is 1.02. The van der Waals surface area contributed by atoms with E-state index in [2.05, 4.69) is 15.6 Å². The average Bonchev–Trinajstić information content (AvgIpc) is 2.27. The zero-order valence-corrected chi connectivity index (χ0v) is 9.16. The summed E-state index contributed by atoms with van der Waals surface area (Å²) in [4.78, 5) is 15.4. The zero-order chi connectivity index (χ0) is 11.1. The summed E-state index contributed by atoms with van der Waals surface area (Å²) in [7, 11) is 1.83. The molecule has 0 bridgehead atoms. The smallest absolute Gasteiger partial charge is 0.221 e. The molecule has 0 saturated heterocycles. The summed E-state index contributed by atoms with van der Waals surface area (Å²) >= 11 is 0. The van der Waals surface area contributed by atoms with Crippen LogP contribution in [-0.4, -0.2) is 24.5 Å². The van der Waals surface area contributed by atoms with E-state index in [9.17, 15) is 4.79 Å². The maximum Gasteiger partial charge on any atom is 0.221 e. The summed E-state index contributed by atoms with van der Waals surface area (Å²) in [5, 5.41) is 5.85. The van der Waals surface area contributed by atoms with Crippen LogP contribution in [0.4, 0.5) is 0 Å². The summed E-state index contributed by atoms with van der Waals surface area (Å²) in [5.74, 6) is 0.0562. The molecule has 1 aromatic heterocycles. The number of amides is 1. The Balaban J connectivity index is 2.42. The van der Waals surface area contributed by atoms with Gasteiger partial charge in [-0.2, -0.15) is 0 Å². The Bertz CT molecular complexity index is 300. The van der Waals surface area contributed by atoms with Crippen molar-refractivity contribution >= 4 is 5.91 Å². The van der Waals surface area contributed by atoms with Gasteiger partial charge in [-0.05, 0) is 25.6 Å². The van der Waals surface area contributed by atoms with Crippen molar-refractivity contribution in [1.82, 2.24) is 15.6 Å². The van der Waals surface area contributed by atoms with Crippen molar-refractivity contribution in [1.29, 1.82) is 0 Å². The first-order valence-corrected chi connectivity index (χ1v) is 5.08. The lowest BCUT2D eigenvalue weighted by Gasteiger charge is -2.13. The first-order valence-electron chi connectivity index (χ1n) is 5.08. The maximum absolute atomic E-state index is 11.4. The molecule has 0 saturated carbocycles. The predicted octanol–water partition coefficient (Wildman–Crippen LogP) is 0.868. The van der Waals surface area contributed by atoms with Gasteiger partial charge < -0.3 is 10.6 Å². The molecule has 0 spiro atoms. The first kappa shape index (κ1) is 11.7. The standard InChI is InChI=1S/C11H17N3O/c1-9(10-4-3-6-13-8-10)14-11(15)5-7-12-2/h3-4,6,8-9,12H,5,7H2,1-2H3,(H,14,15)/t9-/m1/s1. The van der Waals surface area contributed by atoms with E-state index in [1.807, 2.05) is 26.1 Å². The second kappa shape index (κ2) is 6.14. The quantitative estimate of drug-likeness (QED) is 0.753. The summed E-state index contributed by atoms with van der Waals surface area (Å²) in [6.07, 6.45) is 3.99. The highest BCUT2D eigenvalue weighted by Gasteiger charge is 2.08. The van der Waals surface area contributed by atoms with Crippen LogP contribution in [0.15, 0.2) is 24.5 Å². The van der Waals surface area contributed by atoms with Gasteiger partial charge in [-0.1, -0.05) is 6.07 Å². The number of rotatable bonds is 5. The number of nitrogens with one attached hydrogen (secondary N) is 2. The third-order valence-corrected chi connectivity index (χ3v) is 2.16. The van der Waals surface area contributed by atoms with Gasteiger partial charge in [-0.3, -0.25) is 9.78 Å². The molecule has 0 radical (unpaired) electrons. The van der Waals surface area contributed by atoms with Crippen LogP contribution in [0.1, 0.15) is 24.9 Å². The molecule has 0 fully saturated rings. The third kappa shape index (κ3) is 4.08. The van der Waals surface area contributed by atoms with Crippen molar-refractivity contribution in [3.63, 3.8) is 0 Å². The fourth-order valence-corrected chi connectivity index (χ4v) is 1.27. The highest BCUT2D eigenvalue weighted by Crippen LogP contribution is 2.09. The second-order valence-electron chi connectivity index (χ2n) is 3.43. The molecule has 1 heterocycles. The van der Waals surface area contributed by atoms with Gasteiger partial charge in [0.25, 0.3) is 0 Å². The molecule has 4 heteroatoms. The SMILES string of the molecule is CNCCC(=O)N[C@H](C)c1cccnc1. The third-order valence-electron chi connectivity index (χ3n) is 2.16. The molecule has 0 aromatic carbocycles. The molecule has 1 atom stereocenters. The number of carbonyl (C=O) groups excluding carboxylic acids is 1. The van der Waals surface area contributed by atoms with E-state index in [1.165, 1.54) is 0 Å². The lowest BCUT2D eigenvalue weighted by atomic mass is 10.1. The molecule has 82 valence electrons. The fraction of sp³-hybridized carbons (Fsp3) is 0.455. The van der Waals surface area contributed by atoms with Crippen molar-refractivity contribution in [3.05, 3.63) is 30.1 Å². The molecular formula is C11H17N3O. The lowest BCUT2D eigenvalue weighted by molar-refractivity contribution is -0.121. The number of carbonyl (C=O) groups is 1. The van der Waals surface area contributed by atoms with Gasteiger partial charge in [-0.15, -0.1) is 0 Å². The van der Waals surface area contributed by atoms with Crippen LogP contribution in [0.2, 0.25) is 0 Å². The molecule has 15 heavy (non-hydrogen) atoms. The molecule has 4 nitrogen and oxygen atoms in total. The van der Waals surface area contributed by atoms with Gasteiger partial charge in [0.05, 0.1) is 6.04 Å². The normalized spacial score (nSPS) is 12.1. The first-order chi connectivity index (χ1) is 7.24. The van der Waals surface area contributed by atoms with Crippen molar-refractivity contribution < 1.29 is 4.79 Å². The average molecular weight is 207 g/mol. The van der Waals surface area contributed by atoms with E-state index < -0.39 is 0 Å². The number of nitrogens with zero attached hydrogens (tertiary/aromatic N) is 1. The summed E-state index contributed by atoms with van der Waals surface area (Å²) < 4.78 is 0. The number of pyridine rings is 1.